The third-order valence-corrected chi connectivity index (χ3v) is 4.77. The molecule has 0 amide bonds. The largest absolute Gasteiger partial charge is 0.328 e. The van der Waals surface area contributed by atoms with Gasteiger partial charge in [0.05, 0.1) is 0 Å². The minimum absolute atomic E-state index is 0.0229. The molecule has 0 saturated heterocycles. The predicted molar refractivity (Wildman–Crippen MR) is 85.8 cm³/mol. The Morgan fingerprint density at radius 1 is 1.25 bits per heavy atom. The smallest absolute Gasteiger partial charge is 0.227 e. The van der Waals surface area contributed by atoms with Gasteiger partial charge in [0.1, 0.15) is 17.7 Å². The summed E-state index contributed by atoms with van der Waals surface area (Å²) in [4.78, 5) is 16.9. The maximum atomic E-state index is 13.7. The number of hydrogen-bond acceptors (Lipinski definition) is 5. The minimum atomic E-state index is -0.680. The first-order valence-electron chi connectivity index (χ1n) is 7.56. The minimum Gasteiger partial charge on any atom is -0.328 e. The first-order chi connectivity index (χ1) is 11.6. The molecule has 1 aromatic carbocycles. The molecule has 0 bridgehead atoms. The highest BCUT2D eigenvalue weighted by atomic mass is 32.2. The van der Waals surface area contributed by atoms with E-state index in [1.54, 1.807) is 4.68 Å². The van der Waals surface area contributed by atoms with Gasteiger partial charge in [0.15, 0.2) is 5.78 Å². The Kier molecular flexibility index (Phi) is 3.64. The van der Waals surface area contributed by atoms with Crippen molar-refractivity contribution in [3.63, 3.8) is 0 Å². The molecular formula is C16H14F2N4OS. The van der Waals surface area contributed by atoms with Crippen LogP contribution in [0.3, 0.4) is 0 Å². The first kappa shape index (κ1) is 15.3. The first-order valence-corrected chi connectivity index (χ1v) is 8.79. The standard InChI is InChI=1S/C16H14F2N4OS/c1-24-16-20-15-19-11-3-2-4-12(23)13(11)14(22(15)21-16)8-5-9(17)7-10(18)6-8/h5-7,14H,2-4H2,1H3,(H,19,20,21)/t14-/m0/s1. The van der Waals surface area contributed by atoms with Crippen LogP contribution < -0.4 is 5.32 Å². The van der Waals surface area contributed by atoms with Crippen LogP contribution in [0.25, 0.3) is 0 Å². The number of allylic oxidation sites excluding steroid dienone is 2. The number of benzene rings is 1. The lowest BCUT2D eigenvalue weighted by atomic mass is 9.85. The zero-order valence-electron chi connectivity index (χ0n) is 12.8. The normalized spacial score (nSPS) is 19.8. The summed E-state index contributed by atoms with van der Waals surface area (Å²) in [5, 5.41) is 8.08. The summed E-state index contributed by atoms with van der Waals surface area (Å²) in [5.74, 6) is -0.894. The van der Waals surface area contributed by atoms with Gasteiger partial charge >= 0.3 is 0 Å². The van der Waals surface area contributed by atoms with E-state index in [9.17, 15) is 13.6 Å². The van der Waals surface area contributed by atoms with Gasteiger partial charge in [-0.1, -0.05) is 11.8 Å². The third kappa shape index (κ3) is 2.41. The number of ketones is 1. The fourth-order valence-corrected chi connectivity index (χ4v) is 3.61. The Bertz CT molecular complexity index is 857. The number of anilines is 1. The van der Waals surface area contributed by atoms with Crippen LogP contribution >= 0.6 is 11.8 Å². The maximum absolute atomic E-state index is 13.7. The van der Waals surface area contributed by atoms with Crippen LogP contribution in [-0.2, 0) is 4.79 Å². The third-order valence-electron chi connectivity index (χ3n) is 4.23. The lowest BCUT2D eigenvalue weighted by molar-refractivity contribution is -0.116. The van der Waals surface area contributed by atoms with Crippen LogP contribution in [-0.4, -0.2) is 26.8 Å². The summed E-state index contributed by atoms with van der Waals surface area (Å²) < 4.78 is 29.0. The number of halogens is 2. The quantitative estimate of drug-likeness (QED) is 0.844. The number of carbonyl (C=O) groups is 1. The molecule has 1 N–H and O–H groups in total. The molecule has 5 nitrogen and oxygen atoms in total. The van der Waals surface area contributed by atoms with Gasteiger partial charge in [0.25, 0.3) is 0 Å². The summed E-state index contributed by atoms with van der Waals surface area (Å²) in [6, 6.07) is 2.65. The van der Waals surface area contributed by atoms with E-state index in [-0.39, 0.29) is 5.78 Å². The van der Waals surface area contributed by atoms with Crippen LogP contribution in [0, 0.1) is 11.6 Å². The number of nitrogens with zero attached hydrogens (tertiary/aromatic N) is 3. The van der Waals surface area contributed by atoms with Crippen molar-refractivity contribution >= 4 is 23.5 Å². The monoisotopic (exact) mass is 348 g/mol. The number of hydrogen-bond donors (Lipinski definition) is 1. The van der Waals surface area contributed by atoms with Crippen LogP contribution in [0.1, 0.15) is 30.9 Å². The molecule has 2 aliphatic rings. The lowest BCUT2D eigenvalue weighted by Crippen LogP contribution is -2.31. The molecule has 0 spiro atoms. The maximum Gasteiger partial charge on any atom is 0.227 e. The van der Waals surface area contributed by atoms with Gasteiger partial charge in [0.2, 0.25) is 11.1 Å². The zero-order chi connectivity index (χ0) is 16.8. The highest BCUT2D eigenvalue weighted by molar-refractivity contribution is 7.98. The molecule has 0 fully saturated rings. The number of Topliss-reactive ketones (excluding diaryl/α,β-unsaturated/α-hetero) is 1. The highest BCUT2D eigenvalue weighted by Gasteiger charge is 2.37. The van der Waals surface area contributed by atoms with E-state index < -0.39 is 17.7 Å². The Hall–Kier alpha value is -2.22. The Balaban J connectivity index is 1.94. The average molecular weight is 348 g/mol. The predicted octanol–water partition coefficient (Wildman–Crippen LogP) is 3.30. The molecule has 8 heteroatoms. The van der Waals surface area contributed by atoms with E-state index >= 15 is 0 Å². The second-order valence-corrected chi connectivity index (χ2v) is 6.54. The van der Waals surface area contributed by atoms with Crippen molar-refractivity contribution in [2.45, 2.75) is 30.5 Å². The second kappa shape index (κ2) is 5.70. The van der Waals surface area contributed by atoms with Gasteiger partial charge in [-0.3, -0.25) is 4.79 Å². The molecule has 24 heavy (non-hydrogen) atoms. The summed E-state index contributed by atoms with van der Waals surface area (Å²) in [6.45, 7) is 0. The number of fused-ring (bicyclic) bond motifs is 1. The molecule has 1 aromatic heterocycles. The van der Waals surface area contributed by atoms with Gasteiger partial charge in [-0.25, -0.2) is 13.5 Å². The second-order valence-electron chi connectivity index (χ2n) is 5.77. The molecule has 1 aliphatic carbocycles. The number of aromatic nitrogens is 3. The molecule has 124 valence electrons. The van der Waals surface area contributed by atoms with Gasteiger partial charge in [-0.05, 0) is 36.8 Å². The van der Waals surface area contributed by atoms with E-state index in [2.05, 4.69) is 15.4 Å². The molecular weight excluding hydrogens is 334 g/mol. The van der Waals surface area contributed by atoms with Gasteiger partial charge < -0.3 is 5.32 Å². The van der Waals surface area contributed by atoms with Gasteiger partial charge in [-0.15, -0.1) is 5.10 Å². The van der Waals surface area contributed by atoms with E-state index in [0.29, 0.717) is 35.1 Å². The number of thioether (sulfide) groups is 1. The lowest BCUT2D eigenvalue weighted by Gasteiger charge is -2.32. The average Bonchev–Trinajstić information content (AvgIpc) is 2.94. The number of nitrogens with one attached hydrogen (secondary N) is 1. The van der Waals surface area contributed by atoms with E-state index in [0.717, 1.165) is 18.2 Å². The topological polar surface area (TPSA) is 59.8 Å². The van der Waals surface area contributed by atoms with Crippen molar-refractivity contribution in [3.05, 3.63) is 46.7 Å². The molecule has 0 unspecified atom stereocenters. The molecule has 1 aliphatic heterocycles. The van der Waals surface area contributed by atoms with E-state index in [1.807, 2.05) is 6.26 Å². The van der Waals surface area contributed by atoms with Crippen LogP contribution in [0.5, 0.6) is 0 Å². The van der Waals surface area contributed by atoms with Gasteiger partial charge in [0, 0.05) is 23.8 Å². The van der Waals surface area contributed by atoms with Crippen molar-refractivity contribution in [2.75, 3.05) is 11.6 Å². The Morgan fingerprint density at radius 3 is 2.71 bits per heavy atom. The zero-order valence-corrected chi connectivity index (χ0v) is 13.7. The molecule has 0 saturated carbocycles. The van der Waals surface area contributed by atoms with Crippen molar-refractivity contribution < 1.29 is 13.6 Å². The van der Waals surface area contributed by atoms with Crippen molar-refractivity contribution in [1.82, 2.24) is 14.8 Å². The Labute approximate surface area is 141 Å². The van der Waals surface area contributed by atoms with Crippen LogP contribution in [0.15, 0.2) is 34.6 Å². The molecule has 2 aromatic rings. The van der Waals surface area contributed by atoms with Crippen molar-refractivity contribution in [1.29, 1.82) is 0 Å². The SMILES string of the molecule is CSc1nc2n(n1)[C@@H](c1cc(F)cc(F)c1)C1=C(CCCC1=O)N2. The molecule has 1 atom stereocenters. The molecule has 0 radical (unpaired) electrons. The Morgan fingerprint density at radius 2 is 2.00 bits per heavy atom. The fourth-order valence-electron chi connectivity index (χ4n) is 3.26. The van der Waals surface area contributed by atoms with E-state index in [4.69, 9.17) is 0 Å². The fraction of sp³-hybridized carbons (Fsp3) is 0.312. The summed E-state index contributed by atoms with van der Waals surface area (Å²) in [5.41, 5.74) is 1.65. The van der Waals surface area contributed by atoms with Crippen LogP contribution in [0.4, 0.5) is 14.7 Å². The van der Waals surface area contributed by atoms with E-state index in [1.165, 1.54) is 23.9 Å². The highest BCUT2D eigenvalue weighted by Crippen LogP contribution is 2.40. The summed E-state index contributed by atoms with van der Waals surface area (Å²) in [6.07, 6.45) is 3.72. The molecule has 2 heterocycles. The number of carbonyl (C=O) groups excluding carboxylic acids is 1. The summed E-state index contributed by atoms with van der Waals surface area (Å²) in [7, 11) is 0. The van der Waals surface area contributed by atoms with Crippen molar-refractivity contribution in [3.8, 4) is 0 Å². The van der Waals surface area contributed by atoms with Crippen LogP contribution in [0.2, 0.25) is 0 Å². The molecule has 4 rings (SSSR count). The number of rotatable bonds is 2. The van der Waals surface area contributed by atoms with Gasteiger partial charge in [-0.2, -0.15) is 4.98 Å². The van der Waals surface area contributed by atoms with Crippen molar-refractivity contribution in [2.24, 2.45) is 0 Å². The summed E-state index contributed by atoms with van der Waals surface area (Å²) >= 11 is 1.37.